The first-order valence-electron chi connectivity index (χ1n) is 5.92. The minimum absolute atomic E-state index is 0.339. The third-order valence-electron chi connectivity index (χ3n) is 3.04. The second-order valence-electron chi connectivity index (χ2n) is 4.48. The van der Waals surface area contributed by atoms with Gasteiger partial charge >= 0.3 is 5.97 Å². The molecular formula is C13H14ClNO4. The number of carbonyl (C=O) groups excluding carboxylic acids is 1. The van der Waals surface area contributed by atoms with Crippen molar-refractivity contribution >= 4 is 29.2 Å². The molecule has 0 saturated carbocycles. The maximum Gasteiger partial charge on any atom is 0.332 e. The van der Waals surface area contributed by atoms with E-state index in [9.17, 15) is 9.59 Å². The Morgan fingerprint density at radius 1 is 1.37 bits per heavy atom. The number of hydrogen-bond acceptors (Lipinski definition) is 3. The minimum Gasteiger partial charge on any atom is -0.479 e. The Balaban J connectivity index is 2.02. The highest BCUT2D eigenvalue weighted by Gasteiger charge is 2.34. The number of halogens is 1. The van der Waals surface area contributed by atoms with Gasteiger partial charge in [-0.15, -0.1) is 0 Å². The predicted octanol–water partition coefficient (Wildman–Crippen LogP) is 2.22. The van der Waals surface area contributed by atoms with E-state index in [1.807, 2.05) is 6.92 Å². The Morgan fingerprint density at radius 3 is 2.68 bits per heavy atom. The first-order valence-corrected chi connectivity index (χ1v) is 6.30. The number of carboxylic acids is 1. The SMILES string of the molecule is Cc1ccc(Cl)cc1NC(=O)[C@@H]1CC[C@H](C(=O)O)O1. The molecule has 0 aliphatic carbocycles. The van der Waals surface area contributed by atoms with Crippen LogP contribution in [0, 0.1) is 6.92 Å². The smallest absolute Gasteiger partial charge is 0.332 e. The zero-order chi connectivity index (χ0) is 14.0. The highest BCUT2D eigenvalue weighted by atomic mass is 35.5. The lowest BCUT2D eigenvalue weighted by atomic mass is 10.1. The molecule has 1 heterocycles. The van der Waals surface area contributed by atoms with Crippen LogP contribution in [0.15, 0.2) is 18.2 Å². The lowest BCUT2D eigenvalue weighted by Crippen LogP contribution is -2.30. The van der Waals surface area contributed by atoms with E-state index in [2.05, 4.69) is 5.32 Å². The average molecular weight is 284 g/mol. The summed E-state index contributed by atoms with van der Waals surface area (Å²) in [5, 5.41) is 12.0. The second-order valence-corrected chi connectivity index (χ2v) is 4.91. The van der Waals surface area contributed by atoms with Crippen LogP contribution in [0.25, 0.3) is 0 Å². The molecule has 1 fully saturated rings. The van der Waals surface area contributed by atoms with Gasteiger partial charge in [-0.2, -0.15) is 0 Å². The predicted molar refractivity (Wildman–Crippen MR) is 70.3 cm³/mol. The van der Waals surface area contributed by atoms with E-state index in [1.165, 1.54) is 0 Å². The van der Waals surface area contributed by atoms with Crippen LogP contribution in [-0.2, 0) is 14.3 Å². The minimum atomic E-state index is -1.03. The molecule has 5 nitrogen and oxygen atoms in total. The van der Waals surface area contributed by atoms with Crippen molar-refractivity contribution in [3.8, 4) is 0 Å². The molecule has 1 amide bonds. The summed E-state index contributed by atoms with van der Waals surface area (Å²) in [6.45, 7) is 1.85. The maximum atomic E-state index is 12.0. The molecule has 2 N–H and O–H groups in total. The molecule has 2 atom stereocenters. The van der Waals surface area contributed by atoms with Gasteiger partial charge in [0.25, 0.3) is 5.91 Å². The summed E-state index contributed by atoms with van der Waals surface area (Å²) < 4.78 is 5.18. The van der Waals surface area contributed by atoms with Crippen LogP contribution < -0.4 is 5.32 Å². The van der Waals surface area contributed by atoms with Crippen molar-refractivity contribution in [3.63, 3.8) is 0 Å². The molecule has 0 spiro atoms. The number of carboxylic acid groups (broad SMARTS) is 1. The first kappa shape index (κ1) is 13.8. The van der Waals surface area contributed by atoms with Crippen LogP contribution in [-0.4, -0.2) is 29.2 Å². The Hall–Kier alpha value is -1.59. The Morgan fingerprint density at radius 2 is 2.05 bits per heavy atom. The largest absolute Gasteiger partial charge is 0.479 e. The molecule has 1 aromatic carbocycles. The van der Waals surface area contributed by atoms with E-state index >= 15 is 0 Å². The van der Waals surface area contributed by atoms with Crippen molar-refractivity contribution in [2.24, 2.45) is 0 Å². The monoisotopic (exact) mass is 283 g/mol. The fraction of sp³-hybridized carbons (Fsp3) is 0.385. The average Bonchev–Trinajstić information content (AvgIpc) is 2.83. The molecule has 0 radical (unpaired) electrons. The van der Waals surface area contributed by atoms with E-state index in [0.29, 0.717) is 23.6 Å². The van der Waals surface area contributed by atoms with Gasteiger partial charge in [0.05, 0.1) is 0 Å². The molecule has 1 aromatic rings. The summed E-state index contributed by atoms with van der Waals surface area (Å²) in [4.78, 5) is 22.7. The number of hydrogen-bond donors (Lipinski definition) is 2. The number of anilines is 1. The molecule has 1 aliphatic heterocycles. The topological polar surface area (TPSA) is 75.6 Å². The third kappa shape index (κ3) is 3.24. The highest BCUT2D eigenvalue weighted by Crippen LogP contribution is 2.24. The van der Waals surface area contributed by atoms with Crippen molar-refractivity contribution in [1.29, 1.82) is 0 Å². The molecule has 1 aliphatic rings. The summed E-state index contributed by atoms with van der Waals surface area (Å²) in [5.74, 6) is -1.37. The van der Waals surface area contributed by atoms with Crippen molar-refractivity contribution in [3.05, 3.63) is 28.8 Å². The van der Waals surface area contributed by atoms with Crippen molar-refractivity contribution < 1.29 is 19.4 Å². The van der Waals surface area contributed by atoms with E-state index in [0.717, 1.165) is 5.56 Å². The number of carbonyl (C=O) groups is 2. The molecule has 0 bridgehead atoms. The quantitative estimate of drug-likeness (QED) is 0.892. The van der Waals surface area contributed by atoms with Crippen LogP contribution in [0.5, 0.6) is 0 Å². The Labute approximate surface area is 115 Å². The molecule has 0 unspecified atom stereocenters. The highest BCUT2D eigenvalue weighted by molar-refractivity contribution is 6.31. The second kappa shape index (κ2) is 5.59. The van der Waals surface area contributed by atoms with Gasteiger partial charge in [0, 0.05) is 10.7 Å². The van der Waals surface area contributed by atoms with Gasteiger partial charge in [-0.1, -0.05) is 17.7 Å². The number of benzene rings is 1. The normalized spacial score (nSPS) is 22.2. The van der Waals surface area contributed by atoms with Crippen LogP contribution >= 0.6 is 11.6 Å². The molecule has 0 aromatic heterocycles. The summed E-state index contributed by atoms with van der Waals surface area (Å²) >= 11 is 5.86. The van der Waals surface area contributed by atoms with E-state index < -0.39 is 18.2 Å². The number of aliphatic carboxylic acids is 1. The fourth-order valence-electron chi connectivity index (χ4n) is 1.95. The van der Waals surface area contributed by atoms with Crippen molar-refractivity contribution in [2.45, 2.75) is 32.0 Å². The van der Waals surface area contributed by atoms with Crippen LogP contribution in [0.3, 0.4) is 0 Å². The molecule has 19 heavy (non-hydrogen) atoms. The lowest BCUT2D eigenvalue weighted by Gasteiger charge is -2.13. The van der Waals surface area contributed by atoms with Crippen LogP contribution in [0.1, 0.15) is 18.4 Å². The number of amides is 1. The van der Waals surface area contributed by atoms with Gasteiger partial charge in [-0.05, 0) is 37.5 Å². The Kier molecular flexibility index (Phi) is 4.07. The fourth-order valence-corrected chi connectivity index (χ4v) is 2.13. The van der Waals surface area contributed by atoms with Crippen molar-refractivity contribution in [1.82, 2.24) is 0 Å². The zero-order valence-electron chi connectivity index (χ0n) is 10.4. The van der Waals surface area contributed by atoms with Crippen LogP contribution in [0.2, 0.25) is 5.02 Å². The van der Waals surface area contributed by atoms with E-state index in [4.69, 9.17) is 21.4 Å². The standard InChI is InChI=1S/C13H14ClNO4/c1-7-2-3-8(14)6-9(7)15-12(16)10-4-5-11(19-10)13(17)18/h2-3,6,10-11H,4-5H2,1H3,(H,15,16)(H,17,18)/t10-,11+/m0/s1. The number of ether oxygens (including phenoxy) is 1. The summed E-state index contributed by atoms with van der Waals surface area (Å²) in [6.07, 6.45) is -0.861. The van der Waals surface area contributed by atoms with Gasteiger partial charge in [-0.25, -0.2) is 4.79 Å². The lowest BCUT2D eigenvalue weighted by molar-refractivity contribution is -0.150. The summed E-state index contributed by atoms with van der Waals surface area (Å²) in [5.41, 5.74) is 1.49. The molecule has 6 heteroatoms. The number of aryl methyl sites for hydroxylation is 1. The maximum absolute atomic E-state index is 12.0. The van der Waals surface area contributed by atoms with Gasteiger partial charge in [-0.3, -0.25) is 4.79 Å². The molecule has 102 valence electrons. The van der Waals surface area contributed by atoms with Gasteiger partial charge in [0.15, 0.2) is 6.10 Å². The molecule has 2 rings (SSSR count). The van der Waals surface area contributed by atoms with Gasteiger partial charge in [0.1, 0.15) is 6.10 Å². The number of rotatable bonds is 3. The van der Waals surface area contributed by atoms with Gasteiger partial charge < -0.3 is 15.2 Å². The third-order valence-corrected chi connectivity index (χ3v) is 3.28. The molecular weight excluding hydrogens is 270 g/mol. The number of nitrogens with one attached hydrogen (secondary N) is 1. The zero-order valence-corrected chi connectivity index (χ0v) is 11.1. The van der Waals surface area contributed by atoms with Gasteiger partial charge in [0.2, 0.25) is 0 Å². The van der Waals surface area contributed by atoms with E-state index in [1.54, 1.807) is 18.2 Å². The summed E-state index contributed by atoms with van der Waals surface area (Å²) in [6, 6.07) is 5.19. The Bertz CT molecular complexity index is 517. The van der Waals surface area contributed by atoms with Crippen molar-refractivity contribution in [2.75, 3.05) is 5.32 Å². The van der Waals surface area contributed by atoms with E-state index in [-0.39, 0.29) is 5.91 Å². The first-order chi connectivity index (χ1) is 8.97. The molecule has 1 saturated heterocycles. The van der Waals surface area contributed by atoms with Crippen LogP contribution in [0.4, 0.5) is 5.69 Å². The summed E-state index contributed by atoms with van der Waals surface area (Å²) in [7, 11) is 0.